The van der Waals surface area contributed by atoms with Crippen molar-refractivity contribution in [1.82, 2.24) is 20.5 Å². The van der Waals surface area contributed by atoms with Crippen molar-refractivity contribution in [3.8, 4) is 0 Å². The van der Waals surface area contributed by atoms with Crippen molar-refractivity contribution in [3.63, 3.8) is 0 Å². The average Bonchev–Trinajstić information content (AvgIpc) is 2.94. The first kappa shape index (κ1) is 14.7. The highest BCUT2D eigenvalue weighted by Gasteiger charge is 2.21. The molecule has 3 N–H and O–H groups in total. The molecule has 2 heterocycles. The number of nitrogens with one attached hydrogen (secondary N) is 2. The molecule has 20 heavy (non-hydrogen) atoms. The highest BCUT2D eigenvalue weighted by molar-refractivity contribution is 7.09. The Kier molecular flexibility index (Phi) is 4.91. The molecule has 0 aromatic carbocycles. The van der Waals surface area contributed by atoms with E-state index in [9.17, 15) is 9.59 Å². The Morgan fingerprint density at radius 2 is 2.25 bits per heavy atom. The third-order valence-electron chi connectivity index (χ3n) is 3.34. The zero-order chi connectivity index (χ0) is 14.5. The minimum atomic E-state index is -1.05. The first-order valence-corrected chi connectivity index (χ1v) is 7.35. The van der Waals surface area contributed by atoms with E-state index < -0.39 is 5.97 Å². The zero-order valence-corrected chi connectivity index (χ0v) is 12.1. The van der Waals surface area contributed by atoms with Gasteiger partial charge in [-0.3, -0.25) is 0 Å². The molecule has 8 heteroatoms. The molecule has 0 bridgehead atoms. The third-order valence-corrected chi connectivity index (χ3v) is 4.19. The number of rotatable bonds is 4. The maximum Gasteiger partial charge on any atom is 0.355 e. The van der Waals surface area contributed by atoms with Crippen LogP contribution in [0.3, 0.4) is 0 Å². The van der Waals surface area contributed by atoms with E-state index in [-0.39, 0.29) is 24.3 Å². The van der Waals surface area contributed by atoms with Crippen LogP contribution in [-0.2, 0) is 6.54 Å². The summed E-state index contributed by atoms with van der Waals surface area (Å²) in [6.45, 7) is 2.11. The summed E-state index contributed by atoms with van der Waals surface area (Å²) in [6.07, 6.45) is 1.90. The largest absolute Gasteiger partial charge is 0.476 e. The number of amides is 2. The van der Waals surface area contributed by atoms with Crippen LogP contribution in [0.1, 0.15) is 28.3 Å². The van der Waals surface area contributed by atoms with E-state index in [1.807, 2.05) is 0 Å². The van der Waals surface area contributed by atoms with E-state index in [1.165, 1.54) is 16.7 Å². The van der Waals surface area contributed by atoms with Crippen LogP contribution in [-0.4, -0.2) is 53.2 Å². The fraction of sp³-hybridized carbons (Fsp3) is 0.583. The van der Waals surface area contributed by atoms with Gasteiger partial charge in [0.05, 0.1) is 6.54 Å². The number of aromatic carboxylic acids is 1. The number of hydrogen-bond acceptors (Lipinski definition) is 5. The van der Waals surface area contributed by atoms with Crippen molar-refractivity contribution in [3.05, 3.63) is 16.1 Å². The number of nitrogens with zero attached hydrogens (tertiary/aromatic N) is 2. The predicted octanol–water partition coefficient (Wildman–Crippen LogP) is 0.735. The number of piperidine rings is 1. The summed E-state index contributed by atoms with van der Waals surface area (Å²) in [4.78, 5) is 28.4. The summed E-state index contributed by atoms with van der Waals surface area (Å²) in [5.41, 5.74) is 0.0194. The Balaban J connectivity index is 1.82. The van der Waals surface area contributed by atoms with Crippen LogP contribution in [0.2, 0.25) is 0 Å². The normalized spacial score (nSPS) is 15.8. The van der Waals surface area contributed by atoms with Crippen molar-refractivity contribution in [2.24, 2.45) is 0 Å². The van der Waals surface area contributed by atoms with Gasteiger partial charge in [-0.15, -0.1) is 11.3 Å². The van der Waals surface area contributed by atoms with Crippen molar-refractivity contribution < 1.29 is 14.7 Å². The number of urea groups is 1. The lowest BCUT2D eigenvalue weighted by Crippen LogP contribution is -2.47. The summed E-state index contributed by atoms with van der Waals surface area (Å²) in [7, 11) is 1.79. The second-order valence-electron chi connectivity index (χ2n) is 4.68. The Morgan fingerprint density at radius 1 is 1.55 bits per heavy atom. The Bertz CT molecular complexity index is 485. The molecule has 7 nitrogen and oxygen atoms in total. The van der Waals surface area contributed by atoms with E-state index in [4.69, 9.17) is 5.11 Å². The Hall–Kier alpha value is -1.67. The van der Waals surface area contributed by atoms with Gasteiger partial charge in [-0.1, -0.05) is 0 Å². The van der Waals surface area contributed by atoms with Crippen LogP contribution in [0, 0.1) is 0 Å². The molecule has 2 amide bonds. The molecule has 0 aliphatic carbocycles. The van der Waals surface area contributed by atoms with Crippen LogP contribution in [0.4, 0.5) is 4.79 Å². The summed E-state index contributed by atoms with van der Waals surface area (Å²) in [6, 6.07) is 0.103. The van der Waals surface area contributed by atoms with E-state index in [2.05, 4.69) is 15.6 Å². The van der Waals surface area contributed by atoms with Crippen molar-refractivity contribution >= 4 is 23.3 Å². The molecule has 2 rings (SSSR count). The van der Waals surface area contributed by atoms with Crippen LogP contribution in [0.25, 0.3) is 0 Å². The maximum absolute atomic E-state index is 12.0. The van der Waals surface area contributed by atoms with E-state index >= 15 is 0 Å². The third kappa shape index (κ3) is 3.67. The van der Waals surface area contributed by atoms with Crippen molar-refractivity contribution in [2.45, 2.75) is 25.4 Å². The smallest absolute Gasteiger partial charge is 0.355 e. The lowest BCUT2D eigenvalue weighted by atomic mass is 10.1. The van der Waals surface area contributed by atoms with Gasteiger partial charge in [-0.05, 0) is 25.9 Å². The summed E-state index contributed by atoms with van der Waals surface area (Å²) < 4.78 is 0. The average molecular weight is 298 g/mol. The lowest BCUT2D eigenvalue weighted by Gasteiger charge is -2.31. The molecule has 1 aromatic rings. The molecule has 1 aromatic heterocycles. The van der Waals surface area contributed by atoms with Gasteiger partial charge in [0.1, 0.15) is 5.01 Å². The molecule has 1 saturated heterocycles. The quantitative estimate of drug-likeness (QED) is 0.762. The van der Waals surface area contributed by atoms with Crippen LogP contribution in [0.15, 0.2) is 5.38 Å². The van der Waals surface area contributed by atoms with E-state index in [0.29, 0.717) is 5.01 Å². The first-order chi connectivity index (χ1) is 9.58. The molecule has 0 unspecified atom stereocenters. The number of carboxylic acids is 1. The number of hydrogen-bond donors (Lipinski definition) is 3. The molecule has 1 fully saturated rings. The standard InChI is InChI=1S/C12H18N4O3S/c1-16(8-2-4-13-5-3-8)12(19)14-6-10-15-9(7-20-10)11(17)18/h7-8,13H,2-6H2,1H3,(H,14,19)(H,17,18). The van der Waals surface area contributed by atoms with Gasteiger partial charge in [0.15, 0.2) is 5.69 Å². The minimum Gasteiger partial charge on any atom is -0.476 e. The fourth-order valence-corrected chi connectivity index (χ4v) is 2.83. The van der Waals surface area contributed by atoms with Gasteiger partial charge in [0.25, 0.3) is 0 Å². The van der Waals surface area contributed by atoms with E-state index in [1.54, 1.807) is 11.9 Å². The predicted molar refractivity (Wildman–Crippen MR) is 75.0 cm³/mol. The van der Waals surface area contributed by atoms with Crippen molar-refractivity contribution in [1.29, 1.82) is 0 Å². The SMILES string of the molecule is CN(C(=O)NCc1nc(C(=O)O)cs1)C1CCNCC1. The second-order valence-corrected chi connectivity index (χ2v) is 5.63. The van der Waals surface area contributed by atoms with E-state index in [0.717, 1.165) is 25.9 Å². The topological polar surface area (TPSA) is 94.6 Å². The number of carbonyl (C=O) groups is 2. The summed E-state index contributed by atoms with van der Waals surface area (Å²) >= 11 is 1.23. The number of aromatic nitrogens is 1. The number of carbonyl (C=O) groups excluding carboxylic acids is 1. The number of carboxylic acid groups (broad SMARTS) is 1. The van der Waals surface area contributed by atoms with Gasteiger partial charge in [0, 0.05) is 18.5 Å². The van der Waals surface area contributed by atoms with Gasteiger partial charge >= 0.3 is 12.0 Å². The highest BCUT2D eigenvalue weighted by Crippen LogP contribution is 2.12. The Labute approximate surface area is 121 Å². The van der Waals surface area contributed by atoms with Gasteiger partial charge < -0.3 is 20.6 Å². The molecule has 0 saturated carbocycles. The molecule has 0 spiro atoms. The molecule has 0 radical (unpaired) electrons. The van der Waals surface area contributed by atoms with Gasteiger partial charge in [0.2, 0.25) is 0 Å². The number of thiazole rings is 1. The summed E-state index contributed by atoms with van der Waals surface area (Å²) in [5.74, 6) is -1.05. The fourth-order valence-electron chi connectivity index (χ4n) is 2.13. The molecular formula is C12H18N4O3S. The molecule has 110 valence electrons. The van der Waals surface area contributed by atoms with Gasteiger partial charge in [-0.25, -0.2) is 14.6 Å². The molecule has 1 aliphatic rings. The van der Waals surface area contributed by atoms with Crippen LogP contribution >= 0.6 is 11.3 Å². The van der Waals surface area contributed by atoms with Gasteiger partial charge in [-0.2, -0.15) is 0 Å². The molecular weight excluding hydrogens is 280 g/mol. The maximum atomic E-state index is 12.0. The zero-order valence-electron chi connectivity index (χ0n) is 11.3. The highest BCUT2D eigenvalue weighted by atomic mass is 32.1. The van der Waals surface area contributed by atoms with Crippen molar-refractivity contribution in [2.75, 3.05) is 20.1 Å². The molecule has 1 aliphatic heterocycles. The van der Waals surface area contributed by atoms with Crippen LogP contribution < -0.4 is 10.6 Å². The molecule has 0 atom stereocenters. The monoisotopic (exact) mass is 298 g/mol. The first-order valence-electron chi connectivity index (χ1n) is 6.47. The second kappa shape index (κ2) is 6.67. The lowest BCUT2D eigenvalue weighted by molar-refractivity contribution is 0.0691. The van der Waals surface area contributed by atoms with Crippen LogP contribution in [0.5, 0.6) is 0 Å². The summed E-state index contributed by atoms with van der Waals surface area (Å²) in [5, 5.41) is 16.9. The minimum absolute atomic E-state index is 0.0194. The Morgan fingerprint density at radius 3 is 2.85 bits per heavy atom.